The molecule has 1 unspecified atom stereocenters. The Hall–Kier alpha value is -0.120. The molecule has 1 heterocycles. The summed E-state index contributed by atoms with van der Waals surface area (Å²) >= 11 is 0. The molecule has 0 radical (unpaired) electrons. The van der Waals surface area contributed by atoms with Crippen molar-refractivity contribution in [3.8, 4) is 0 Å². The predicted octanol–water partition coefficient (Wildman–Crippen LogP) is 1.31. The van der Waals surface area contributed by atoms with Crippen LogP contribution in [-0.2, 0) is 9.47 Å². The van der Waals surface area contributed by atoms with E-state index < -0.39 is 0 Å². The van der Waals surface area contributed by atoms with Crippen molar-refractivity contribution in [2.45, 2.75) is 50.9 Å². The molecular weight excluding hydrogens is 166 g/mol. The zero-order valence-corrected chi connectivity index (χ0v) is 8.88. The monoisotopic (exact) mass is 187 g/mol. The van der Waals surface area contributed by atoms with Gasteiger partial charge < -0.3 is 15.2 Å². The summed E-state index contributed by atoms with van der Waals surface area (Å²) in [6, 6.07) is 0. The van der Waals surface area contributed by atoms with Crippen LogP contribution in [0.15, 0.2) is 0 Å². The molecule has 0 aromatic rings. The molecule has 0 amide bonds. The van der Waals surface area contributed by atoms with Crippen LogP contribution in [0.4, 0.5) is 0 Å². The van der Waals surface area contributed by atoms with Crippen LogP contribution in [0, 0.1) is 0 Å². The second-order valence-corrected chi connectivity index (χ2v) is 4.09. The van der Waals surface area contributed by atoms with Crippen molar-refractivity contribution >= 4 is 0 Å². The first-order valence-electron chi connectivity index (χ1n) is 5.02. The zero-order chi connectivity index (χ0) is 9.90. The molecule has 1 fully saturated rings. The second kappa shape index (κ2) is 4.40. The van der Waals surface area contributed by atoms with Gasteiger partial charge in [0.1, 0.15) is 0 Å². The minimum absolute atomic E-state index is 0.0359. The van der Waals surface area contributed by atoms with E-state index in [2.05, 4.69) is 13.8 Å². The summed E-state index contributed by atoms with van der Waals surface area (Å²) in [6.07, 6.45) is 3.43. The van der Waals surface area contributed by atoms with Crippen LogP contribution in [0.2, 0.25) is 0 Å². The molecule has 1 saturated heterocycles. The highest BCUT2D eigenvalue weighted by atomic mass is 16.5. The molecule has 0 aliphatic carbocycles. The van der Waals surface area contributed by atoms with E-state index in [9.17, 15) is 0 Å². The van der Waals surface area contributed by atoms with Crippen molar-refractivity contribution in [3.05, 3.63) is 0 Å². The fourth-order valence-corrected chi connectivity index (χ4v) is 2.36. The smallest absolute Gasteiger partial charge is 0.0739 e. The van der Waals surface area contributed by atoms with Gasteiger partial charge in [-0.2, -0.15) is 0 Å². The van der Waals surface area contributed by atoms with Crippen LogP contribution >= 0.6 is 0 Å². The fraction of sp³-hybridized carbons (Fsp3) is 1.00. The van der Waals surface area contributed by atoms with Gasteiger partial charge in [0.15, 0.2) is 0 Å². The maximum atomic E-state index is 5.67. The molecule has 0 aromatic carbocycles. The Labute approximate surface area is 80.6 Å². The van der Waals surface area contributed by atoms with Crippen LogP contribution in [-0.4, -0.2) is 31.5 Å². The lowest BCUT2D eigenvalue weighted by Gasteiger charge is -2.41. The van der Waals surface area contributed by atoms with E-state index in [-0.39, 0.29) is 17.8 Å². The first-order valence-corrected chi connectivity index (χ1v) is 5.02. The number of hydrogen-bond acceptors (Lipinski definition) is 3. The van der Waals surface area contributed by atoms with E-state index in [4.69, 9.17) is 15.2 Å². The first kappa shape index (κ1) is 11.0. The van der Waals surface area contributed by atoms with E-state index in [0.717, 1.165) is 19.3 Å². The van der Waals surface area contributed by atoms with E-state index in [1.807, 2.05) is 0 Å². The topological polar surface area (TPSA) is 44.5 Å². The number of methoxy groups -OCH3 is 1. The van der Waals surface area contributed by atoms with Gasteiger partial charge in [0, 0.05) is 20.0 Å². The Morgan fingerprint density at radius 3 is 2.31 bits per heavy atom. The van der Waals surface area contributed by atoms with Gasteiger partial charge in [-0.15, -0.1) is 0 Å². The van der Waals surface area contributed by atoms with Crippen LogP contribution < -0.4 is 5.73 Å². The van der Waals surface area contributed by atoms with Gasteiger partial charge in [-0.1, -0.05) is 0 Å². The molecular formula is C10H21NO2. The average Bonchev–Trinajstić information content (AvgIpc) is 2.03. The summed E-state index contributed by atoms with van der Waals surface area (Å²) in [5, 5.41) is 0. The van der Waals surface area contributed by atoms with Gasteiger partial charge in [0.05, 0.1) is 17.8 Å². The largest absolute Gasteiger partial charge is 0.378 e. The van der Waals surface area contributed by atoms with Gasteiger partial charge >= 0.3 is 0 Å². The minimum Gasteiger partial charge on any atom is -0.378 e. The molecule has 3 nitrogen and oxygen atoms in total. The van der Waals surface area contributed by atoms with Crippen molar-refractivity contribution < 1.29 is 9.47 Å². The maximum Gasteiger partial charge on any atom is 0.0739 e. The highest BCUT2D eigenvalue weighted by Gasteiger charge is 2.37. The van der Waals surface area contributed by atoms with Crippen molar-refractivity contribution in [1.82, 2.24) is 0 Å². The van der Waals surface area contributed by atoms with Crippen LogP contribution in [0.3, 0.4) is 0 Å². The molecule has 2 N–H and O–H groups in total. The van der Waals surface area contributed by atoms with Crippen LogP contribution in [0.1, 0.15) is 33.1 Å². The molecule has 3 heteroatoms. The van der Waals surface area contributed by atoms with Gasteiger partial charge in [0.2, 0.25) is 0 Å². The Morgan fingerprint density at radius 1 is 1.38 bits per heavy atom. The third-order valence-corrected chi connectivity index (χ3v) is 2.82. The van der Waals surface area contributed by atoms with E-state index in [0.29, 0.717) is 6.54 Å². The summed E-state index contributed by atoms with van der Waals surface area (Å²) in [6.45, 7) is 4.88. The average molecular weight is 187 g/mol. The lowest BCUT2D eigenvalue weighted by molar-refractivity contribution is -0.148. The molecule has 0 aromatic heterocycles. The van der Waals surface area contributed by atoms with Gasteiger partial charge in [-0.25, -0.2) is 0 Å². The number of hydrogen-bond donors (Lipinski definition) is 1. The van der Waals surface area contributed by atoms with Crippen molar-refractivity contribution in [1.29, 1.82) is 0 Å². The number of nitrogens with two attached hydrogens (primary N) is 1. The van der Waals surface area contributed by atoms with Gasteiger partial charge in [-0.3, -0.25) is 0 Å². The molecule has 1 aliphatic rings. The highest BCUT2D eigenvalue weighted by Crippen LogP contribution is 2.33. The Balaban J connectivity index is 2.62. The lowest BCUT2D eigenvalue weighted by Crippen LogP contribution is -2.46. The number of ether oxygens (including phenoxy) is 2. The van der Waals surface area contributed by atoms with Crippen LogP contribution in [0.25, 0.3) is 0 Å². The molecule has 0 bridgehead atoms. The van der Waals surface area contributed by atoms with Crippen LogP contribution in [0.5, 0.6) is 0 Å². The lowest BCUT2D eigenvalue weighted by atomic mass is 9.84. The SMILES string of the molecule is COC1(CCN)C[C@@H](C)O[C@@H](C)C1. The van der Waals surface area contributed by atoms with Gasteiger partial charge in [0.25, 0.3) is 0 Å². The molecule has 3 atom stereocenters. The summed E-state index contributed by atoms with van der Waals surface area (Å²) in [5.74, 6) is 0. The minimum atomic E-state index is -0.0359. The van der Waals surface area contributed by atoms with E-state index in [1.165, 1.54) is 0 Å². The molecule has 78 valence electrons. The van der Waals surface area contributed by atoms with E-state index >= 15 is 0 Å². The zero-order valence-electron chi connectivity index (χ0n) is 8.88. The Bertz CT molecular complexity index is 151. The van der Waals surface area contributed by atoms with E-state index in [1.54, 1.807) is 7.11 Å². The Kier molecular flexibility index (Phi) is 3.71. The summed E-state index contributed by atoms with van der Waals surface area (Å²) in [4.78, 5) is 0. The first-order chi connectivity index (χ1) is 6.12. The number of rotatable bonds is 3. The highest BCUT2D eigenvalue weighted by molar-refractivity contribution is 4.89. The normalized spacial score (nSPS) is 40.6. The summed E-state index contributed by atoms with van der Waals surface area (Å²) in [7, 11) is 1.78. The molecule has 0 saturated carbocycles. The predicted molar refractivity (Wildman–Crippen MR) is 52.7 cm³/mol. The third-order valence-electron chi connectivity index (χ3n) is 2.82. The van der Waals surface area contributed by atoms with Crippen molar-refractivity contribution in [3.63, 3.8) is 0 Å². The fourth-order valence-electron chi connectivity index (χ4n) is 2.36. The molecule has 13 heavy (non-hydrogen) atoms. The van der Waals surface area contributed by atoms with Crippen molar-refractivity contribution in [2.75, 3.05) is 13.7 Å². The standard InChI is InChI=1S/C10H21NO2/c1-8-6-10(12-3,4-5-11)7-9(2)13-8/h8-9H,4-7,11H2,1-3H3/t8-,9+,10?. The quantitative estimate of drug-likeness (QED) is 0.724. The molecule has 0 spiro atoms. The second-order valence-electron chi connectivity index (χ2n) is 4.09. The third kappa shape index (κ3) is 2.66. The van der Waals surface area contributed by atoms with Crippen molar-refractivity contribution in [2.24, 2.45) is 5.73 Å². The van der Waals surface area contributed by atoms with Gasteiger partial charge in [-0.05, 0) is 26.8 Å². The summed E-state index contributed by atoms with van der Waals surface area (Å²) < 4.78 is 11.3. The maximum absolute atomic E-state index is 5.67. The molecule has 1 aliphatic heterocycles. The molecule has 1 rings (SSSR count). The Morgan fingerprint density at radius 2 is 1.92 bits per heavy atom. The summed E-state index contributed by atoms with van der Waals surface area (Å²) in [5.41, 5.74) is 5.55.